The van der Waals surface area contributed by atoms with Crippen molar-refractivity contribution < 1.29 is 0 Å². The Bertz CT molecular complexity index is 180. The van der Waals surface area contributed by atoms with Crippen molar-refractivity contribution in [3.63, 3.8) is 0 Å². The molecule has 0 aliphatic heterocycles. The fraction of sp³-hybridized carbons (Fsp3) is 0.818. The van der Waals surface area contributed by atoms with Gasteiger partial charge in [-0.1, -0.05) is 18.6 Å². The summed E-state index contributed by atoms with van der Waals surface area (Å²) >= 11 is 0. The smallest absolute Gasteiger partial charge is 0.0173 e. The number of nitrogens with one attached hydrogen (secondary N) is 1. The zero-order chi connectivity index (χ0) is 9.26. The van der Waals surface area contributed by atoms with Gasteiger partial charge in [-0.25, -0.2) is 0 Å². The number of hydrogen-bond acceptors (Lipinski definition) is 2. The van der Waals surface area contributed by atoms with Gasteiger partial charge in [-0.2, -0.15) is 0 Å². The van der Waals surface area contributed by atoms with Crippen molar-refractivity contribution in [2.45, 2.75) is 25.3 Å². The van der Waals surface area contributed by atoms with Crippen LogP contribution in [0.5, 0.6) is 0 Å². The summed E-state index contributed by atoms with van der Waals surface area (Å²) in [6.45, 7) is 0.830. The normalized spacial score (nSPS) is 43.5. The van der Waals surface area contributed by atoms with Gasteiger partial charge in [-0.15, -0.1) is 0 Å². The predicted octanol–water partition coefficient (Wildman–Crippen LogP) is 1.14. The molecule has 2 nitrogen and oxygen atoms in total. The third-order valence-electron chi connectivity index (χ3n) is 3.76. The summed E-state index contributed by atoms with van der Waals surface area (Å²) in [7, 11) is 2.07. The Morgan fingerprint density at radius 3 is 2.69 bits per heavy atom. The van der Waals surface area contributed by atoms with Crippen molar-refractivity contribution in [3.8, 4) is 0 Å². The number of nitrogens with two attached hydrogens (primary N) is 1. The number of fused-ring (bicyclic) bond motifs is 3. The first-order chi connectivity index (χ1) is 6.36. The first-order valence-electron chi connectivity index (χ1n) is 5.42. The van der Waals surface area contributed by atoms with Gasteiger partial charge < -0.3 is 11.1 Å². The maximum Gasteiger partial charge on any atom is 0.0173 e. The lowest BCUT2D eigenvalue weighted by atomic mass is 9.76. The maximum absolute atomic E-state index is 5.85. The van der Waals surface area contributed by atoms with E-state index in [-0.39, 0.29) is 0 Å². The van der Waals surface area contributed by atoms with Crippen LogP contribution in [0.2, 0.25) is 0 Å². The molecule has 3 N–H and O–H groups in total. The fourth-order valence-corrected chi connectivity index (χ4v) is 3.06. The summed E-state index contributed by atoms with van der Waals surface area (Å²) < 4.78 is 0. The average molecular weight is 180 g/mol. The molecule has 74 valence electrons. The van der Waals surface area contributed by atoms with Gasteiger partial charge in [0.2, 0.25) is 0 Å². The van der Waals surface area contributed by atoms with E-state index in [1.165, 1.54) is 19.3 Å². The SMILES string of the molecule is CNC1C2C=CC(CCC2)C1CN. The molecule has 0 saturated heterocycles. The first-order valence-corrected chi connectivity index (χ1v) is 5.42. The van der Waals surface area contributed by atoms with E-state index in [1.54, 1.807) is 0 Å². The highest BCUT2D eigenvalue weighted by molar-refractivity contribution is 5.10. The van der Waals surface area contributed by atoms with Crippen LogP contribution >= 0.6 is 0 Å². The monoisotopic (exact) mass is 180 g/mol. The minimum absolute atomic E-state index is 0.627. The molecule has 0 aromatic heterocycles. The molecule has 1 saturated carbocycles. The molecular formula is C11H20N2. The zero-order valence-corrected chi connectivity index (χ0v) is 8.37. The van der Waals surface area contributed by atoms with Gasteiger partial charge in [0.25, 0.3) is 0 Å². The highest BCUT2D eigenvalue weighted by atomic mass is 14.9. The van der Waals surface area contributed by atoms with Crippen LogP contribution in [0, 0.1) is 17.8 Å². The molecule has 0 aromatic rings. The van der Waals surface area contributed by atoms with Crippen LogP contribution < -0.4 is 11.1 Å². The molecule has 0 aromatic carbocycles. The van der Waals surface area contributed by atoms with Crippen molar-refractivity contribution >= 4 is 0 Å². The zero-order valence-electron chi connectivity index (χ0n) is 8.37. The van der Waals surface area contributed by atoms with E-state index < -0.39 is 0 Å². The van der Waals surface area contributed by atoms with Crippen molar-refractivity contribution in [2.24, 2.45) is 23.5 Å². The molecule has 0 heterocycles. The van der Waals surface area contributed by atoms with Crippen LogP contribution in [0.4, 0.5) is 0 Å². The van der Waals surface area contributed by atoms with Crippen molar-refractivity contribution in [1.29, 1.82) is 0 Å². The third kappa shape index (κ3) is 1.53. The molecule has 3 aliphatic carbocycles. The van der Waals surface area contributed by atoms with Gasteiger partial charge in [-0.05, 0) is 44.2 Å². The molecular weight excluding hydrogens is 160 g/mol. The molecule has 1 fully saturated rings. The van der Waals surface area contributed by atoms with Crippen molar-refractivity contribution in [1.82, 2.24) is 5.32 Å². The molecule has 0 amide bonds. The Morgan fingerprint density at radius 2 is 2.00 bits per heavy atom. The fourth-order valence-electron chi connectivity index (χ4n) is 3.06. The van der Waals surface area contributed by atoms with Gasteiger partial charge in [0.05, 0.1) is 0 Å². The molecule has 3 aliphatic rings. The minimum atomic E-state index is 0.627. The lowest BCUT2D eigenvalue weighted by molar-refractivity contribution is 0.256. The van der Waals surface area contributed by atoms with Crippen LogP contribution in [0.15, 0.2) is 12.2 Å². The van der Waals surface area contributed by atoms with Crippen molar-refractivity contribution in [2.75, 3.05) is 13.6 Å². The standard InChI is InChI=1S/C11H20N2/c1-13-11-9-4-2-3-8(5-6-9)10(11)7-12/h5-6,8-11,13H,2-4,7,12H2,1H3. The largest absolute Gasteiger partial charge is 0.330 e. The van der Waals surface area contributed by atoms with Crippen LogP contribution in [-0.4, -0.2) is 19.6 Å². The molecule has 0 spiro atoms. The number of rotatable bonds is 2. The van der Waals surface area contributed by atoms with Gasteiger partial charge in [0.1, 0.15) is 0 Å². The van der Waals surface area contributed by atoms with E-state index in [0.717, 1.165) is 18.4 Å². The molecule has 0 radical (unpaired) electrons. The lowest BCUT2D eigenvalue weighted by Crippen LogP contribution is -2.46. The molecule has 2 heteroatoms. The second-order valence-corrected chi connectivity index (χ2v) is 4.36. The minimum Gasteiger partial charge on any atom is -0.330 e. The Morgan fingerprint density at radius 1 is 1.31 bits per heavy atom. The maximum atomic E-state index is 5.85. The number of allylic oxidation sites excluding steroid dienone is 1. The summed E-state index contributed by atoms with van der Waals surface area (Å²) in [5, 5.41) is 3.45. The Labute approximate surface area is 80.6 Å². The quantitative estimate of drug-likeness (QED) is 0.625. The number of hydrogen-bond donors (Lipinski definition) is 2. The lowest BCUT2D eigenvalue weighted by Gasteiger charge is -2.36. The van der Waals surface area contributed by atoms with E-state index in [9.17, 15) is 0 Å². The predicted molar refractivity (Wildman–Crippen MR) is 55.4 cm³/mol. The van der Waals surface area contributed by atoms with Crippen LogP contribution in [-0.2, 0) is 0 Å². The summed E-state index contributed by atoms with van der Waals surface area (Å²) in [4.78, 5) is 0. The third-order valence-corrected chi connectivity index (χ3v) is 3.76. The van der Waals surface area contributed by atoms with E-state index >= 15 is 0 Å². The van der Waals surface area contributed by atoms with E-state index in [1.807, 2.05) is 0 Å². The van der Waals surface area contributed by atoms with E-state index in [4.69, 9.17) is 5.73 Å². The Hall–Kier alpha value is -0.340. The highest BCUT2D eigenvalue weighted by Gasteiger charge is 2.36. The summed E-state index contributed by atoms with van der Waals surface area (Å²) in [6, 6.07) is 0.627. The Balaban J connectivity index is 2.21. The molecule has 3 rings (SSSR count). The van der Waals surface area contributed by atoms with Gasteiger partial charge in [0.15, 0.2) is 0 Å². The van der Waals surface area contributed by atoms with Crippen LogP contribution in [0.1, 0.15) is 19.3 Å². The molecule has 4 atom stereocenters. The molecule has 13 heavy (non-hydrogen) atoms. The van der Waals surface area contributed by atoms with Crippen molar-refractivity contribution in [3.05, 3.63) is 12.2 Å². The molecule has 2 bridgehead atoms. The van der Waals surface area contributed by atoms with Gasteiger partial charge in [-0.3, -0.25) is 0 Å². The summed E-state index contributed by atoms with van der Waals surface area (Å²) in [6.07, 6.45) is 8.87. The second-order valence-electron chi connectivity index (χ2n) is 4.36. The van der Waals surface area contributed by atoms with E-state index in [2.05, 4.69) is 24.5 Å². The van der Waals surface area contributed by atoms with Gasteiger partial charge >= 0.3 is 0 Å². The summed E-state index contributed by atoms with van der Waals surface area (Å²) in [5.41, 5.74) is 5.85. The average Bonchev–Trinajstić information content (AvgIpc) is 2.49. The summed E-state index contributed by atoms with van der Waals surface area (Å²) in [5.74, 6) is 2.14. The second kappa shape index (κ2) is 3.81. The first kappa shape index (κ1) is 9.22. The molecule has 4 unspecified atom stereocenters. The van der Waals surface area contributed by atoms with E-state index in [0.29, 0.717) is 12.0 Å². The topological polar surface area (TPSA) is 38.0 Å². The highest BCUT2D eigenvalue weighted by Crippen LogP contribution is 2.37. The van der Waals surface area contributed by atoms with Gasteiger partial charge in [0, 0.05) is 6.04 Å². The van der Waals surface area contributed by atoms with Crippen LogP contribution in [0.3, 0.4) is 0 Å². The van der Waals surface area contributed by atoms with Crippen LogP contribution in [0.25, 0.3) is 0 Å². The Kier molecular flexibility index (Phi) is 2.70.